The molecule has 1 N–H and O–H groups in total. The van der Waals surface area contributed by atoms with E-state index in [2.05, 4.69) is 23.8 Å². The number of hydrogen-bond acceptors (Lipinski definition) is 7. The van der Waals surface area contributed by atoms with E-state index in [-0.39, 0.29) is 5.75 Å². The van der Waals surface area contributed by atoms with Gasteiger partial charge < -0.3 is 9.84 Å². The van der Waals surface area contributed by atoms with Crippen molar-refractivity contribution in [3.63, 3.8) is 0 Å². The summed E-state index contributed by atoms with van der Waals surface area (Å²) in [5.41, 5.74) is 0. The molecule has 1 aromatic carbocycles. The molecule has 0 atom stereocenters. The van der Waals surface area contributed by atoms with E-state index in [1.165, 1.54) is 205 Å². The zero-order valence-electron chi connectivity index (χ0n) is 33.9. The Hall–Kier alpha value is -1.47. The SMILES string of the molecule is CCCCCCCCCCCCCCCCCCSc1nc(Oc2ccc(O)cc2)nc(SCCCCCCCCCCCCCCCCCC)n1. The lowest BCUT2D eigenvalue weighted by molar-refractivity contribution is 0.421. The van der Waals surface area contributed by atoms with E-state index in [9.17, 15) is 5.11 Å². The number of thioether (sulfide) groups is 2. The highest BCUT2D eigenvalue weighted by molar-refractivity contribution is 7.99. The third-order valence-electron chi connectivity index (χ3n) is 10.1. The number of ether oxygens (including phenoxy) is 1. The monoisotopic (exact) mass is 758 g/mol. The van der Waals surface area contributed by atoms with Crippen molar-refractivity contribution in [3.8, 4) is 17.5 Å². The number of benzene rings is 1. The Morgan fingerprint density at radius 1 is 0.404 bits per heavy atom. The van der Waals surface area contributed by atoms with Crippen LogP contribution in [0.25, 0.3) is 0 Å². The van der Waals surface area contributed by atoms with Gasteiger partial charge in [-0.1, -0.05) is 230 Å². The summed E-state index contributed by atoms with van der Waals surface area (Å²) in [6.45, 7) is 4.59. The van der Waals surface area contributed by atoms with Crippen molar-refractivity contribution in [1.29, 1.82) is 0 Å². The molecule has 0 radical (unpaired) electrons. The van der Waals surface area contributed by atoms with Crippen LogP contribution in [-0.4, -0.2) is 31.6 Å². The molecular formula is C45H79N3O2S2. The summed E-state index contributed by atoms with van der Waals surface area (Å²) in [5.74, 6) is 2.87. The van der Waals surface area contributed by atoms with Crippen LogP contribution in [0.5, 0.6) is 17.5 Å². The van der Waals surface area contributed by atoms with Gasteiger partial charge in [0.15, 0.2) is 10.3 Å². The summed E-state index contributed by atoms with van der Waals surface area (Å²) >= 11 is 3.44. The van der Waals surface area contributed by atoms with E-state index in [1.54, 1.807) is 47.8 Å². The largest absolute Gasteiger partial charge is 0.508 e. The number of phenolic OH excluding ortho intramolecular Hbond substituents is 1. The molecule has 0 aliphatic rings. The van der Waals surface area contributed by atoms with Gasteiger partial charge in [0.1, 0.15) is 11.5 Å². The smallest absolute Gasteiger partial charge is 0.327 e. The van der Waals surface area contributed by atoms with E-state index >= 15 is 0 Å². The highest BCUT2D eigenvalue weighted by atomic mass is 32.2. The maximum Gasteiger partial charge on any atom is 0.327 e. The molecule has 5 nitrogen and oxygen atoms in total. The van der Waals surface area contributed by atoms with Crippen LogP contribution in [0.2, 0.25) is 0 Å². The molecule has 298 valence electrons. The zero-order chi connectivity index (χ0) is 37.0. The Kier molecular flexibility index (Phi) is 31.6. The Balaban J connectivity index is 1.55. The predicted molar refractivity (Wildman–Crippen MR) is 229 cm³/mol. The molecule has 0 bridgehead atoms. The minimum Gasteiger partial charge on any atom is -0.508 e. The molecule has 1 aromatic heterocycles. The fourth-order valence-corrected chi connectivity index (χ4v) is 8.45. The average Bonchev–Trinajstić information content (AvgIpc) is 3.15. The second-order valence-electron chi connectivity index (χ2n) is 15.1. The van der Waals surface area contributed by atoms with E-state index in [0.29, 0.717) is 11.8 Å². The molecule has 7 heteroatoms. The highest BCUT2D eigenvalue weighted by Crippen LogP contribution is 2.27. The lowest BCUT2D eigenvalue weighted by Gasteiger charge is -2.08. The average molecular weight is 758 g/mol. The lowest BCUT2D eigenvalue weighted by Crippen LogP contribution is -2.00. The van der Waals surface area contributed by atoms with Gasteiger partial charge >= 0.3 is 6.01 Å². The molecule has 0 amide bonds. The minimum absolute atomic E-state index is 0.216. The summed E-state index contributed by atoms with van der Waals surface area (Å²) in [6.07, 6.45) is 44.3. The first-order valence-electron chi connectivity index (χ1n) is 22.2. The molecule has 0 saturated carbocycles. The van der Waals surface area contributed by atoms with Gasteiger partial charge in [-0.05, 0) is 37.1 Å². The van der Waals surface area contributed by atoms with E-state index in [1.807, 2.05) is 0 Å². The Morgan fingerprint density at radius 3 is 1.00 bits per heavy atom. The van der Waals surface area contributed by atoms with Crippen LogP contribution in [0.15, 0.2) is 34.6 Å². The second-order valence-corrected chi connectivity index (χ2v) is 17.2. The van der Waals surface area contributed by atoms with Crippen LogP contribution in [0.3, 0.4) is 0 Å². The van der Waals surface area contributed by atoms with Crippen molar-refractivity contribution in [2.24, 2.45) is 0 Å². The van der Waals surface area contributed by atoms with Crippen molar-refractivity contribution in [1.82, 2.24) is 15.0 Å². The maximum atomic E-state index is 9.66. The number of rotatable bonds is 38. The van der Waals surface area contributed by atoms with Crippen molar-refractivity contribution in [2.75, 3.05) is 11.5 Å². The van der Waals surface area contributed by atoms with Crippen LogP contribution in [0, 0.1) is 0 Å². The van der Waals surface area contributed by atoms with Crippen LogP contribution in [0.1, 0.15) is 219 Å². The van der Waals surface area contributed by atoms with E-state index in [4.69, 9.17) is 9.72 Å². The molecule has 0 fully saturated rings. The maximum absolute atomic E-state index is 9.66. The predicted octanol–water partition coefficient (Wildman–Crippen LogP) is 16.1. The number of aromatic nitrogens is 3. The van der Waals surface area contributed by atoms with E-state index < -0.39 is 0 Å². The van der Waals surface area contributed by atoms with Gasteiger partial charge in [0, 0.05) is 11.5 Å². The molecule has 0 unspecified atom stereocenters. The third kappa shape index (κ3) is 28.0. The van der Waals surface area contributed by atoms with Crippen LogP contribution in [-0.2, 0) is 0 Å². The molecule has 2 aromatic rings. The standard InChI is InChI=1S/C45H79N3O2S2/c1-3-5-7-9-11-13-15-17-19-21-23-25-27-29-31-33-39-51-44-46-43(50-42-37-35-41(49)36-38-42)47-45(48-44)52-40-34-32-30-28-26-24-22-20-18-16-14-12-10-8-6-4-2/h35-38,49H,3-34,39-40H2,1-2H3. The first-order chi connectivity index (χ1) is 25.7. The lowest BCUT2D eigenvalue weighted by atomic mass is 10.0. The highest BCUT2D eigenvalue weighted by Gasteiger charge is 2.11. The summed E-state index contributed by atoms with van der Waals surface area (Å²) < 4.78 is 5.99. The number of phenols is 1. The summed E-state index contributed by atoms with van der Waals surface area (Å²) in [4.78, 5) is 14.1. The van der Waals surface area contributed by atoms with Crippen molar-refractivity contribution < 1.29 is 9.84 Å². The molecule has 52 heavy (non-hydrogen) atoms. The van der Waals surface area contributed by atoms with Crippen LogP contribution in [0.4, 0.5) is 0 Å². The molecular weight excluding hydrogens is 679 g/mol. The van der Waals surface area contributed by atoms with Crippen molar-refractivity contribution in [2.45, 2.75) is 230 Å². The minimum atomic E-state index is 0.216. The van der Waals surface area contributed by atoms with Gasteiger partial charge in [-0.2, -0.15) is 15.0 Å². The van der Waals surface area contributed by atoms with E-state index in [0.717, 1.165) is 21.8 Å². The van der Waals surface area contributed by atoms with Crippen molar-refractivity contribution >= 4 is 23.5 Å². The first kappa shape index (κ1) is 46.7. The summed E-state index contributed by atoms with van der Waals surface area (Å²) in [6, 6.07) is 7.06. The molecule has 0 saturated heterocycles. The quantitative estimate of drug-likeness (QED) is 0.0540. The Labute approximate surface area is 329 Å². The molecule has 1 heterocycles. The second kappa shape index (κ2) is 35.2. The van der Waals surface area contributed by atoms with Gasteiger partial charge in [0.25, 0.3) is 0 Å². The first-order valence-corrected chi connectivity index (χ1v) is 24.2. The normalized spacial score (nSPS) is 11.4. The third-order valence-corrected chi connectivity index (χ3v) is 11.9. The van der Waals surface area contributed by atoms with Gasteiger partial charge in [-0.25, -0.2) is 0 Å². The Bertz CT molecular complexity index is 999. The number of aromatic hydroxyl groups is 1. The number of unbranched alkanes of at least 4 members (excludes halogenated alkanes) is 30. The van der Waals surface area contributed by atoms with Crippen LogP contribution < -0.4 is 4.74 Å². The molecule has 2 rings (SSSR count). The van der Waals surface area contributed by atoms with Gasteiger partial charge in [-0.15, -0.1) is 0 Å². The zero-order valence-corrected chi connectivity index (χ0v) is 35.5. The van der Waals surface area contributed by atoms with Gasteiger partial charge in [0.2, 0.25) is 0 Å². The summed E-state index contributed by atoms with van der Waals surface area (Å²) in [5, 5.41) is 11.2. The molecule has 0 aliphatic heterocycles. The van der Waals surface area contributed by atoms with Gasteiger partial charge in [0.05, 0.1) is 0 Å². The fourth-order valence-electron chi connectivity index (χ4n) is 6.74. The van der Waals surface area contributed by atoms with Gasteiger partial charge in [-0.3, -0.25) is 0 Å². The number of nitrogens with zero attached hydrogens (tertiary/aromatic N) is 3. The Morgan fingerprint density at radius 2 is 0.692 bits per heavy atom. The topological polar surface area (TPSA) is 68.1 Å². The van der Waals surface area contributed by atoms with Crippen molar-refractivity contribution in [3.05, 3.63) is 24.3 Å². The summed E-state index contributed by atoms with van der Waals surface area (Å²) in [7, 11) is 0. The molecule has 0 spiro atoms. The fraction of sp³-hybridized carbons (Fsp3) is 0.800. The van der Waals surface area contributed by atoms with Crippen LogP contribution >= 0.6 is 23.5 Å². The number of hydrogen-bond donors (Lipinski definition) is 1. The molecule has 0 aliphatic carbocycles.